The van der Waals surface area contributed by atoms with Crippen molar-refractivity contribution in [3.8, 4) is 22.8 Å². The Labute approximate surface area is 130 Å². The molecule has 3 rings (SSSR count). The average molecular weight is 321 g/mol. The third-order valence-electron chi connectivity index (χ3n) is 2.77. The molecular weight excluding hydrogens is 311 g/mol. The average Bonchev–Trinajstić information content (AvgIpc) is 2.84. The fourth-order valence-corrected chi connectivity index (χ4v) is 2.32. The number of aromatic nitrogens is 5. The summed E-state index contributed by atoms with van der Waals surface area (Å²) in [4.78, 5) is 12.8. The molecule has 6 nitrogen and oxygen atoms in total. The molecule has 0 saturated heterocycles. The van der Waals surface area contributed by atoms with Gasteiger partial charge in [-0.3, -0.25) is 4.68 Å². The lowest BCUT2D eigenvalue weighted by molar-refractivity contribution is 0.768. The fourth-order valence-electron chi connectivity index (χ4n) is 1.85. The molecule has 0 atom stereocenters. The summed E-state index contributed by atoms with van der Waals surface area (Å²) in [6.07, 6.45) is 5.02. The summed E-state index contributed by atoms with van der Waals surface area (Å²) in [5.74, 6) is 0.669. The summed E-state index contributed by atoms with van der Waals surface area (Å²) >= 11 is 12.0. The molecule has 3 aromatic rings. The lowest BCUT2D eigenvalue weighted by Gasteiger charge is -2.05. The molecule has 3 heterocycles. The third kappa shape index (κ3) is 2.81. The van der Waals surface area contributed by atoms with Gasteiger partial charge in [-0.05, 0) is 6.07 Å². The van der Waals surface area contributed by atoms with Crippen molar-refractivity contribution in [2.75, 3.05) is 5.73 Å². The van der Waals surface area contributed by atoms with Crippen molar-refractivity contribution in [1.82, 2.24) is 24.7 Å². The molecule has 2 N–H and O–H groups in total. The Hall–Kier alpha value is -2.18. The van der Waals surface area contributed by atoms with Crippen molar-refractivity contribution < 1.29 is 0 Å². The van der Waals surface area contributed by atoms with E-state index in [1.165, 1.54) is 6.20 Å². The zero-order chi connectivity index (χ0) is 15.0. The van der Waals surface area contributed by atoms with Crippen molar-refractivity contribution >= 4 is 29.0 Å². The molecule has 0 aromatic carbocycles. The van der Waals surface area contributed by atoms with Gasteiger partial charge in [-0.2, -0.15) is 5.10 Å². The molecule has 0 radical (unpaired) electrons. The Morgan fingerprint density at radius 3 is 2.62 bits per heavy atom. The summed E-state index contributed by atoms with van der Waals surface area (Å²) < 4.78 is 1.68. The predicted molar refractivity (Wildman–Crippen MR) is 81.9 cm³/mol. The van der Waals surface area contributed by atoms with Gasteiger partial charge in [0.15, 0.2) is 5.82 Å². The molecule has 0 bridgehead atoms. The van der Waals surface area contributed by atoms with Crippen LogP contribution < -0.4 is 5.73 Å². The molecule has 0 aliphatic heterocycles. The van der Waals surface area contributed by atoms with Gasteiger partial charge in [-0.15, -0.1) is 0 Å². The smallest absolute Gasteiger partial charge is 0.182 e. The Balaban J connectivity index is 2.13. The van der Waals surface area contributed by atoms with E-state index in [1.807, 2.05) is 13.2 Å². The van der Waals surface area contributed by atoms with E-state index >= 15 is 0 Å². The van der Waals surface area contributed by atoms with Crippen LogP contribution in [0.25, 0.3) is 22.8 Å². The maximum absolute atomic E-state index is 6.13. The van der Waals surface area contributed by atoms with Crippen LogP contribution in [0.5, 0.6) is 0 Å². The number of hydrogen-bond donors (Lipinski definition) is 1. The van der Waals surface area contributed by atoms with Crippen LogP contribution in [-0.2, 0) is 7.05 Å². The highest BCUT2D eigenvalue weighted by Gasteiger charge is 2.13. The van der Waals surface area contributed by atoms with Crippen molar-refractivity contribution in [1.29, 1.82) is 0 Å². The molecule has 0 aliphatic carbocycles. The highest BCUT2D eigenvalue weighted by molar-refractivity contribution is 6.35. The molecular formula is C13H10Cl2N6. The summed E-state index contributed by atoms with van der Waals surface area (Å²) in [7, 11) is 1.83. The van der Waals surface area contributed by atoms with Crippen molar-refractivity contribution in [3.05, 3.63) is 40.8 Å². The third-order valence-corrected chi connectivity index (χ3v) is 3.26. The van der Waals surface area contributed by atoms with E-state index in [4.69, 9.17) is 28.9 Å². The van der Waals surface area contributed by atoms with Gasteiger partial charge in [0.2, 0.25) is 0 Å². The minimum absolute atomic E-state index is 0.326. The van der Waals surface area contributed by atoms with Crippen LogP contribution in [0, 0.1) is 0 Å². The van der Waals surface area contributed by atoms with Gasteiger partial charge < -0.3 is 5.73 Å². The highest BCUT2D eigenvalue weighted by Crippen LogP contribution is 2.28. The van der Waals surface area contributed by atoms with E-state index in [1.54, 1.807) is 23.0 Å². The molecule has 3 aromatic heterocycles. The standard InChI is InChI=1S/C13H10Cl2N6/c1-21-6-7(4-18-21)10-3-11(16)20-13(19-10)12-9(15)2-8(14)5-17-12/h2-6H,1H3,(H2,16,19,20). The SMILES string of the molecule is Cn1cc(-c2cc(N)nc(-c3ncc(Cl)cc3Cl)n2)cn1. The highest BCUT2D eigenvalue weighted by atomic mass is 35.5. The molecule has 0 fully saturated rings. The number of halogens is 2. The van der Waals surface area contributed by atoms with Crippen molar-refractivity contribution in [2.24, 2.45) is 7.05 Å². The number of hydrogen-bond acceptors (Lipinski definition) is 5. The van der Waals surface area contributed by atoms with Gasteiger partial charge in [0.1, 0.15) is 11.5 Å². The molecule has 0 saturated carbocycles. The Morgan fingerprint density at radius 1 is 1.14 bits per heavy atom. The second-order valence-corrected chi connectivity index (χ2v) is 5.23. The molecule has 8 heteroatoms. The van der Waals surface area contributed by atoms with Crippen LogP contribution in [-0.4, -0.2) is 24.7 Å². The van der Waals surface area contributed by atoms with Crippen LogP contribution in [0.4, 0.5) is 5.82 Å². The Bertz CT molecular complexity index is 814. The normalized spacial score (nSPS) is 10.8. The first kappa shape index (κ1) is 13.8. The molecule has 0 aliphatic rings. The van der Waals surface area contributed by atoms with Crippen LogP contribution in [0.15, 0.2) is 30.7 Å². The fraction of sp³-hybridized carbons (Fsp3) is 0.0769. The first-order chi connectivity index (χ1) is 10.0. The number of nitrogens with two attached hydrogens (primary N) is 1. The summed E-state index contributed by atoms with van der Waals surface area (Å²) in [5, 5.41) is 4.92. The maximum atomic E-state index is 6.13. The van der Waals surface area contributed by atoms with E-state index in [9.17, 15) is 0 Å². The van der Waals surface area contributed by atoms with Crippen LogP contribution >= 0.6 is 23.2 Å². The van der Waals surface area contributed by atoms with Crippen molar-refractivity contribution in [3.63, 3.8) is 0 Å². The Morgan fingerprint density at radius 2 is 1.95 bits per heavy atom. The molecule has 0 unspecified atom stereocenters. The van der Waals surface area contributed by atoms with E-state index in [0.717, 1.165) is 5.56 Å². The molecule has 106 valence electrons. The van der Waals surface area contributed by atoms with E-state index in [-0.39, 0.29) is 0 Å². The van der Waals surface area contributed by atoms with Crippen molar-refractivity contribution in [2.45, 2.75) is 0 Å². The first-order valence-electron chi connectivity index (χ1n) is 5.98. The number of rotatable bonds is 2. The number of nitrogen functional groups attached to an aromatic ring is 1. The van der Waals surface area contributed by atoms with Gasteiger partial charge in [0.05, 0.1) is 21.9 Å². The zero-order valence-electron chi connectivity index (χ0n) is 11.0. The second-order valence-electron chi connectivity index (χ2n) is 4.39. The van der Waals surface area contributed by atoms with Crippen LogP contribution in [0.2, 0.25) is 10.0 Å². The molecule has 21 heavy (non-hydrogen) atoms. The zero-order valence-corrected chi connectivity index (χ0v) is 12.5. The van der Waals surface area contributed by atoms with E-state index < -0.39 is 0 Å². The summed E-state index contributed by atoms with van der Waals surface area (Å²) in [6, 6.07) is 3.26. The monoisotopic (exact) mass is 320 g/mol. The van der Waals surface area contributed by atoms with Gasteiger partial charge in [0.25, 0.3) is 0 Å². The summed E-state index contributed by atoms with van der Waals surface area (Å²) in [5.41, 5.74) is 7.76. The quantitative estimate of drug-likeness (QED) is 0.785. The number of nitrogens with zero attached hydrogens (tertiary/aromatic N) is 5. The number of pyridine rings is 1. The van der Waals surface area contributed by atoms with Crippen LogP contribution in [0.3, 0.4) is 0 Å². The number of anilines is 1. The van der Waals surface area contributed by atoms with Crippen LogP contribution in [0.1, 0.15) is 0 Å². The maximum Gasteiger partial charge on any atom is 0.182 e. The van der Waals surface area contributed by atoms with Gasteiger partial charge in [-0.25, -0.2) is 15.0 Å². The second kappa shape index (κ2) is 5.31. The van der Waals surface area contributed by atoms with Gasteiger partial charge in [-0.1, -0.05) is 23.2 Å². The molecule has 0 spiro atoms. The van der Waals surface area contributed by atoms with Gasteiger partial charge in [0, 0.05) is 31.1 Å². The lowest BCUT2D eigenvalue weighted by atomic mass is 10.2. The lowest BCUT2D eigenvalue weighted by Crippen LogP contribution is -1.99. The summed E-state index contributed by atoms with van der Waals surface area (Å²) in [6.45, 7) is 0. The molecule has 0 amide bonds. The largest absolute Gasteiger partial charge is 0.384 e. The minimum atomic E-state index is 0.326. The minimum Gasteiger partial charge on any atom is -0.384 e. The van der Waals surface area contributed by atoms with E-state index in [2.05, 4.69) is 20.1 Å². The van der Waals surface area contributed by atoms with Gasteiger partial charge >= 0.3 is 0 Å². The first-order valence-corrected chi connectivity index (χ1v) is 6.73. The predicted octanol–water partition coefficient (Wildman–Crippen LogP) is 2.83. The number of aryl methyl sites for hydroxylation is 1. The van der Waals surface area contributed by atoms with E-state index in [0.29, 0.717) is 33.1 Å². The topological polar surface area (TPSA) is 82.5 Å². The Kier molecular flexibility index (Phi) is 3.48.